The van der Waals surface area contributed by atoms with Crippen LogP contribution in [0.2, 0.25) is 0 Å². The molecule has 0 radical (unpaired) electrons. The molecule has 59 heavy (non-hydrogen) atoms. The topological polar surface area (TPSA) is 21.3 Å². The number of nitrogens with zero attached hydrogens (tertiary/aromatic N) is 2. The molecule has 0 saturated carbocycles. The zero-order valence-electron chi connectivity index (χ0n) is 32.2. The van der Waals surface area contributed by atoms with Crippen LogP contribution in [0.5, 0.6) is 0 Å². The Morgan fingerprint density at radius 3 is 1.24 bits per heavy atom. The molecule has 2 aromatic heterocycles. The first-order valence-corrected chi connectivity index (χ1v) is 20.1. The molecule has 0 amide bonds. The van der Waals surface area contributed by atoms with Crippen molar-refractivity contribution < 1.29 is 4.42 Å². The monoisotopic (exact) mass is 754 g/mol. The molecular formula is C56H38N2O. The molecule has 278 valence electrons. The minimum absolute atomic E-state index is 0.890. The fourth-order valence-electron chi connectivity index (χ4n) is 8.52. The predicted octanol–water partition coefficient (Wildman–Crippen LogP) is 15.7. The van der Waals surface area contributed by atoms with Gasteiger partial charge in [0.25, 0.3) is 0 Å². The summed E-state index contributed by atoms with van der Waals surface area (Å²) in [6, 6.07) is 82.1. The summed E-state index contributed by atoms with van der Waals surface area (Å²) in [5, 5.41) is 2.20. The first kappa shape index (κ1) is 34.4. The average molecular weight is 755 g/mol. The van der Waals surface area contributed by atoms with Crippen LogP contribution < -0.4 is 4.90 Å². The van der Waals surface area contributed by atoms with Gasteiger partial charge in [-0.3, -0.25) is 0 Å². The Bertz CT molecular complexity index is 3200. The van der Waals surface area contributed by atoms with Gasteiger partial charge in [-0.15, -0.1) is 0 Å². The van der Waals surface area contributed by atoms with Gasteiger partial charge in [0.1, 0.15) is 11.1 Å². The van der Waals surface area contributed by atoms with Crippen LogP contribution in [-0.2, 0) is 0 Å². The van der Waals surface area contributed by atoms with Crippen LogP contribution in [0, 0.1) is 0 Å². The number of fused-ring (bicyclic) bond motifs is 5. The number of benzene rings is 9. The Kier molecular flexibility index (Phi) is 8.49. The van der Waals surface area contributed by atoms with Gasteiger partial charge in [0.05, 0.1) is 5.52 Å². The molecule has 0 aliphatic rings. The molecule has 11 aromatic rings. The third-order valence-electron chi connectivity index (χ3n) is 11.4. The molecular weight excluding hydrogens is 717 g/mol. The summed E-state index contributed by atoms with van der Waals surface area (Å²) in [6.07, 6.45) is 0. The van der Waals surface area contributed by atoms with E-state index in [1.165, 1.54) is 33.4 Å². The first-order valence-electron chi connectivity index (χ1n) is 20.1. The van der Waals surface area contributed by atoms with Gasteiger partial charge in [-0.25, -0.2) is 0 Å². The lowest BCUT2D eigenvalue weighted by molar-refractivity contribution is 0.674. The maximum atomic E-state index is 6.86. The molecule has 0 spiro atoms. The van der Waals surface area contributed by atoms with Gasteiger partial charge < -0.3 is 13.9 Å². The Hall–Kier alpha value is -7.88. The lowest BCUT2D eigenvalue weighted by atomic mass is 10.00. The molecule has 9 aromatic carbocycles. The highest BCUT2D eigenvalue weighted by Gasteiger charge is 2.21. The molecule has 0 unspecified atom stereocenters. The lowest BCUT2D eigenvalue weighted by Gasteiger charge is -2.26. The highest BCUT2D eigenvalue weighted by molar-refractivity contribution is 6.18. The number of anilines is 3. The highest BCUT2D eigenvalue weighted by atomic mass is 16.3. The van der Waals surface area contributed by atoms with E-state index in [1.807, 2.05) is 0 Å². The number of para-hydroxylation sites is 3. The Morgan fingerprint density at radius 2 is 0.712 bits per heavy atom. The van der Waals surface area contributed by atoms with Crippen molar-refractivity contribution >= 4 is 50.0 Å². The minimum atomic E-state index is 0.890. The van der Waals surface area contributed by atoms with Crippen molar-refractivity contribution in [3.8, 4) is 50.2 Å². The highest BCUT2D eigenvalue weighted by Crippen LogP contribution is 2.43. The molecule has 0 aliphatic heterocycles. The van der Waals surface area contributed by atoms with Gasteiger partial charge in [0, 0.05) is 39.1 Å². The third kappa shape index (κ3) is 6.17. The van der Waals surface area contributed by atoms with Crippen molar-refractivity contribution in [1.82, 2.24) is 4.57 Å². The standard InChI is InChI=1S/C56H38N2O/c1-4-13-39(14-5-1)41-23-25-42(26-24-41)44-29-35-48(36-30-44)57(47-33-27-43(28-34-47)40-15-6-2-7-16-40)49-37-31-45(32-38-49)50-20-12-21-52-54-56(59-55(50)52)51-19-10-11-22-53(51)58(54)46-17-8-3-9-18-46/h1-38H. The van der Waals surface area contributed by atoms with Gasteiger partial charge >= 0.3 is 0 Å². The van der Waals surface area contributed by atoms with E-state index < -0.39 is 0 Å². The Morgan fingerprint density at radius 1 is 0.305 bits per heavy atom. The number of rotatable bonds is 8. The van der Waals surface area contributed by atoms with Crippen molar-refractivity contribution in [1.29, 1.82) is 0 Å². The fourth-order valence-corrected chi connectivity index (χ4v) is 8.52. The summed E-state index contributed by atoms with van der Waals surface area (Å²) in [6.45, 7) is 0. The van der Waals surface area contributed by atoms with Crippen molar-refractivity contribution in [3.05, 3.63) is 231 Å². The van der Waals surface area contributed by atoms with Crippen molar-refractivity contribution in [3.63, 3.8) is 0 Å². The maximum absolute atomic E-state index is 6.86. The number of aromatic nitrogens is 1. The smallest absolute Gasteiger partial charge is 0.161 e. The van der Waals surface area contributed by atoms with Gasteiger partial charge in [-0.1, -0.05) is 164 Å². The molecule has 3 heteroatoms. The summed E-state index contributed by atoms with van der Waals surface area (Å²) < 4.78 is 9.19. The van der Waals surface area contributed by atoms with Crippen LogP contribution >= 0.6 is 0 Å². The second-order valence-corrected chi connectivity index (χ2v) is 14.9. The van der Waals surface area contributed by atoms with Crippen LogP contribution in [0.3, 0.4) is 0 Å². The van der Waals surface area contributed by atoms with Crippen LogP contribution in [0.15, 0.2) is 235 Å². The lowest BCUT2D eigenvalue weighted by Crippen LogP contribution is -2.09. The van der Waals surface area contributed by atoms with Crippen LogP contribution in [0.4, 0.5) is 17.1 Å². The number of furan rings is 1. The second-order valence-electron chi connectivity index (χ2n) is 14.9. The molecule has 0 bridgehead atoms. The molecule has 2 heterocycles. The molecule has 0 N–H and O–H groups in total. The molecule has 0 atom stereocenters. The van der Waals surface area contributed by atoms with E-state index in [-0.39, 0.29) is 0 Å². The summed E-state index contributed by atoms with van der Waals surface area (Å²) in [4.78, 5) is 2.33. The molecule has 0 aliphatic carbocycles. The zero-order chi connectivity index (χ0) is 39.1. The summed E-state index contributed by atoms with van der Waals surface area (Å²) in [5.41, 5.74) is 17.7. The van der Waals surface area contributed by atoms with E-state index in [2.05, 4.69) is 240 Å². The fraction of sp³-hybridized carbons (Fsp3) is 0. The van der Waals surface area contributed by atoms with Crippen LogP contribution in [0.1, 0.15) is 0 Å². The van der Waals surface area contributed by atoms with Crippen LogP contribution in [0.25, 0.3) is 83.2 Å². The Balaban J connectivity index is 0.976. The summed E-state index contributed by atoms with van der Waals surface area (Å²) in [5.74, 6) is 0. The van der Waals surface area contributed by atoms with Crippen LogP contribution in [-0.4, -0.2) is 4.57 Å². The van der Waals surface area contributed by atoms with Gasteiger partial charge in [0.2, 0.25) is 0 Å². The largest absolute Gasteiger partial charge is 0.453 e. The number of hydrogen-bond acceptors (Lipinski definition) is 2. The second kappa shape index (κ2) is 14.6. The van der Waals surface area contributed by atoms with E-state index >= 15 is 0 Å². The van der Waals surface area contributed by atoms with Crippen molar-refractivity contribution in [2.45, 2.75) is 0 Å². The van der Waals surface area contributed by atoms with Gasteiger partial charge in [-0.05, 0) is 106 Å². The quantitative estimate of drug-likeness (QED) is 0.154. The van der Waals surface area contributed by atoms with Gasteiger partial charge in [0.15, 0.2) is 5.58 Å². The molecule has 0 saturated heterocycles. The van der Waals surface area contributed by atoms with E-state index in [0.717, 1.165) is 66.8 Å². The van der Waals surface area contributed by atoms with E-state index in [1.54, 1.807) is 0 Å². The zero-order valence-corrected chi connectivity index (χ0v) is 32.2. The number of hydrogen-bond donors (Lipinski definition) is 0. The van der Waals surface area contributed by atoms with E-state index in [4.69, 9.17) is 4.42 Å². The predicted molar refractivity (Wildman–Crippen MR) is 247 cm³/mol. The SMILES string of the molecule is c1ccc(-c2ccc(-c3ccc(N(c4ccc(-c5ccccc5)cc4)c4ccc(-c5cccc6c5oc5c7ccccc7n(-c7ccccc7)c65)cc4)cc3)cc2)cc1. The summed E-state index contributed by atoms with van der Waals surface area (Å²) in [7, 11) is 0. The average Bonchev–Trinajstić information content (AvgIpc) is 3.86. The maximum Gasteiger partial charge on any atom is 0.161 e. The van der Waals surface area contributed by atoms with Crippen molar-refractivity contribution in [2.24, 2.45) is 0 Å². The normalized spacial score (nSPS) is 11.4. The molecule has 11 rings (SSSR count). The Labute approximate surface area is 343 Å². The first-order chi connectivity index (χ1) is 29.3. The third-order valence-corrected chi connectivity index (χ3v) is 11.4. The minimum Gasteiger partial charge on any atom is -0.453 e. The van der Waals surface area contributed by atoms with Crippen molar-refractivity contribution in [2.75, 3.05) is 4.90 Å². The van der Waals surface area contributed by atoms with E-state index in [9.17, 15) is 0 Å². The van der Waals surface area contributed by atoms with E-state index in [0.29, 0.717) is 0 Å². The molecule has 3 nitrogen and oxygen atoms in total. The molecule has 0 fully saturated rings. The van der Waals surface area contributed by atoms with Gasteiger partial charge in [-0.2, -0.15) is 0 Å². The summed E-state index contributed by atoms with van der Waals surface area (Å²) >= 11 is 0.